The van der Waals surface area contributed by atoms with Crippen LogP contribution in [0.4, 0.5) is 0 Å². The number of amides is 3. The molecule has 13 nitrogen and oxygen atoms in total. The van der Waals surface area contributed by atoms with E-state index in [9.17, 15) is 44.7 Å². The van der Waals surface area contributed by atoms with E-state index in [0.717, 1.165) is 55.2 Å². The molecule has 1 fully saturated rings. The second-order valence-corrected chi connectivity index (χ2v) is 23.1. The van der Waals surface area contributed by atoms with Gasteiger partial charge >= 0.3 is 0 Å². The Kier molecular flexibility index (Phi) is 41.5. The Morgan fingerprint density at radius 1 is 0.595 bits per heavy atom. The molecule has 0 radical (unpaired) electrons. The van der Waals surface area contributed by atoms with Gasteiger partial charge in [0.15, 0.2) is 6.29 Å². The van der Waals surface area contributed by atoms with Gasteiger partial charge in [0.25, 0.3) is 11.8 Å². The van der Waals surface area contributed by atoms with Crippen LogP contribution >= 0.6 is 11.8 Å². The number of Topliss-reactive ketones (excluding diaryl/α,β-unsaturated/α-hetero) is 1. The number of carbonyl (C=O) groups excluding carboxylic acids is 4. The van der Waals surface area contributed by atoms with Crippen molar-refractivity contribution in [2.45, 2.75) is 327 Å². The first kappa shape index (κ1) is 68.2. The monoisotopic (exact) mass is 1070 g/mol. The number of unbranched alkanes of at least 4 members (excludes halogenated alkanes) is 34. The van der Waals surface area contributed by atoms with Crippen LogP contribution in [0, 0.1) is 0 Å². The molecule has 14 heteroatoms. The van der Waals surface area contributed by atoms with Crippen molar-refractivity contribution < 1.29 is 54.2 Å². The average Bonchev–Trinajstić information content (AvgIpc) is 3.66. The maximum Gasteiger partial charge on any atom is 0.267 e. The van der Waals surface area contributed by atoms with Gasteiger partial charge in [-0.15, -0.1) is 11.8 Å². The molecule has 432 valence electrons. The van der Waals surface area contributed by atoms with Gasteiger partial charge in [0.2, 0.25) is 5.91 Å². The first-order valence-electron chi connectivity index (χ1n) is 30.6. The highest BCUT2D eigenvalue weighted by molar-refractivity contribution is 8.04. The predicted octanol–water partition coefficient (Wildman–Crippen LogP) is 12.2. The van der Waals surface area contributed by atoms with Crippen molar-refractivity contribution in [1.29, 1.82) is 0 Å². The Balaban J connectivity index is 1.78. The summed E-state index contributed by atoms with van der Waals surface area (Å²) in [4.78, 5) is 51.5. The largest absolute Gasteiger partial charge is 0.390 e. The van der Waals surface area contributed by atoms with E-state index in [4.69, 9.17) is 9.47 Å². The van der Waals surface area contributed by atoms with Crippen molar-refractivity contribution in [2.24, 2.45) is 0 Å². The lowest BCUT2D eigenvalue weighted by atomic mass is 9.98. The maximum absolute atomic E-state index is 13.3. The Hall–Kier alpha value is -1.91. The molecule has 2 rings (SSSR count). The predicted molar refractivity (Wildman–Crippen MR) is 301 cm³/mol. The molecule has 0 saturated carbocycles. The van der Waals surface area contributed by atoms with Crippen LogP contribution in [0.3, 0.4) is 0 Å². The lowest BCUT2D eigenvalue weighted by molar-refractivity contribution is -0.294. The minimum absolute atomic E-state index is 0.0368. The van der Waals surface area contributed by atoms with Crippen LogP contribution in [0.25, 0.3) is 0 Å². The van der Waals surface area contributed by atoms with E-state index < -0.39 is 60.8 Å². The summed E-state index contributed by atoms with van der Waals surface area (Å²) in [5.41, 5.74) is 0. The van der Waals surface area contributed by atoms with Crippen LogP contribution in [0.15, 0.2) is 11.0 Å². The molecule has 0 spiro atoms. The highest BCUT2D eigenvalue weighted by atomic mass is 32.2. The van der Waals surface area contributed by atoms with E-state index >= 15 is 0 Å². The molecule has 0 unspecified atom stereocenters. The van der Waals surface area contributed by atoms with Crippen molar-refractivity contribution in [3.8, 4) is 0 Å². The molecule has 2 heterocycles. The zero-order chi connectivity index (χ0) is 54.0. The van der Waals surface area contributed by atoms with Crippen molar-refractivity contribution in [2.75, 3.05) is 18.9 Å². The molecule has 8 atom stereocenters. The molecule has 0 aromatic carbocycles. The van der Waals surface area contributed by atoms with E-state index in [1.54, 1.807) is 0 Å². The van der Waals surface area contributed by atoms with Crippen molar-refractivity contribution in [3.63, 3.8) is 0 Å². The number of nitrogens with zero attached hydrogens (tertiary/aromatic N) is 1. The lowest BCUT2D eigenvalue weighted by Crippen LogP contribution is -2.60. The second kappa shape index (κ2) is 45.0. The molecule has 2 aliphatic rings. The highest BCUT2D eigenvalue weighted by Gasteiger charge is 2.45. The third-order valence-electron chi connectivity index (χ3n) is 15.2. The van der Waals surface area contributed by atoms with E-state index in [1.165, 1.54) is 186 Å². The minimum Gasteiger partial charge on any atom is -0.390 e. The molecule has 0 aromatic heterocycles. The fourth-order valence-corrected chi connectivity index (χ4v) is 11.3. The number of imide groups is 1. The van der Waals surface area contributed by atoms with E-state index in [2.05, 4.69) is 19.2 Å². The molecule has 0 aliphatic carbocycles. The molecule has 2 aliphatic heterocycles. The topological polar surface area (TPSA) is 203 Å². The molecular formula is C60H110N2O11S. The Labute approximate surface area is 454 Å². The zero-order valence-electron chi connectivity index (χ0n) is 47.1. The van der Waals surface area contributed by atoms with Crippen LogP contribution in [0.2, 0.25) is 0 Å². The number of hydrogen-bond acceptors (Lipinski definition) is 12. The van der Waals surface area contributed by atoms with E-state index in [-0.39, 0.29) is 41.9 Å². The van der Waals surface area contributed by atoms with Gasteiger partial charge < -0.3 is 45.1 Å². The summed E-state index contributed by atoms with van der Waals surface area (Å²) < 4.78 is 11.9. The normalized spacial score (nSPS) is 20.3. The summed E-state index contributed by atoms with van der Waals surface area (Å²) in [5, 5.41) is 58.1. The minimum atomic E-state index is -1.68. The van der Waals surface area contributed by atoms with Gasteiger partial charge in [-0.25, -0.2) is 0 Å². The molecule has 0 bridgehead atoms. The number of nitrogens with one attached hydrogen (secondary N) is 1. The number of ether oxygens (including phenoxy) is 2. The molecule has 0 aromatic rings. The van der Waals surface area contributed by atoms with Crippen molar-refractivity contribution >= 4 is 35.3 Å². The van der Waals surface area contributed by atoms with E-state index in [1.807, 2.05) is 0 Å². The summed E-state index contributed by atoms with van der Waals surface area (Å²) in [7, 11) is 0. The molecule has 6 N–H and O–H groups in total. The summed E-state index contributed by atoms with van der Waals surface area (Å²) in [6, 6.07) is -1.05. The number of aliphatic hydroxyl groups is 5. The fourth-order valence-electron chi connectivity index (χ4n) is 10.2. The first-order valence-corrected chi connectivity index (χ1v) is 31.6. The molecule has 3 amide bonds. The first-order chi connectivity index (χ1) is 35.9. The smallest absolute Gasteiger partial charge is 0.267 e. The quantitative estimate of drug-likeness (QED) is 0.0249. The van der Waals surface area contributed by atoms with E-state index in [0.29, 0.717) is 38.5 Å². The number of thioether (sulfide) groups is 1. The Morgan fingerprint density at radius 2 is 1.01 bits per heavy atom. The Morgan fingerprint density at radius 3 is 1.46 bits per heavy atom. The number of rotatable bonds is 51. The second-order valence-electron chi connectivity index (χ2n) is 22.1. The Bertz CT molecular complexity index is 1470. The number of ketones is 1. The van der Waals surface area contributed by atoms with Crippen molar-refractivity contribution in [1.82, 2.24) is 10.2 Å². The summed E-state index contributed by atoms with van der Waals surface area (Å²) in [5.74, 6) is -1.28. The number of carbonyl (C=O) groups is 4. The van der Waals surface area contributed by atoms with Crippen LogP contribution in [0.1, 0.15) is 278 Å². The van der Waals surface area contributed by atoms with Gasteiger partial charge in [-0.2, -0.15) is 0 Å². The highest BCUT2D eigenvalue weighted by Crippen LogP contribution is 2.31. The summed E-state index contributed by atoms with van der Waals surface area (Å²) in [6.07, 6.45) is 36.9. The third-order valence-corrected chi connectivity index (χ3v) is 16.3. The number of aliphatic hydroxyl groups excluding tert-OH is 5. The van der Waals surface area contributed by atoms with Gasteiger partial charge in [0, 0.05) is 31.2 Å². The molecular weight excluding hydrogens is 957 g/mol. The number of hydrogen-bond donors (Lipinski definition) is 6. The van der Waals surface area contributed by atoms with Gasteiger partial charge in [-0.1, -0.05) is 232 Å². The lowest BCUT2D eigenvalue weighted by Gasteiger charge is -2.41. The van der Waals surface area contributed by atoms with Gasteiger partial charge in [0.1, 0.15) is 30.2 Å². The maximum atomic E-state index is 13.3. The van der Waals surface area contributed by atoms with Gasteiger partial charge in [-0.05, 0) is 32.6 Å². The zero-order valence-corrected chi connectivity index (χ0v) is 48.0. The van der Waals surface area contributed by atoms with Gasteiger partial charge in [0.05, 0.1) is 29.8 Å². The average molecular weight is 1070 g/mol. The van der Waals surface area contributed by atoms with Crippen LogP contribution in [-0.2, 0) is 28.7 Å². The fraction of sp³-hybridized carbons (Fsp3) is 0.900. The SMILES string of the molecule is CCCCCCCCCCCCCCCCCCCCCCCCCC(=O)N[C@@H](CO[C@H]1O[C@H](CSC2=CC(=O)N(CCCCC(C)=O)C2=O)[C@H](O)[C@H](O)[C@H]1O)[C@H](O)[C@H](O)CCCCCCCCCCCCCC. The van der Waals surface area contributed by atoms with Crippen LogP contribution in [-0.4, -0.2) is 122 Å². The summed E-state index contributed by atoms with van der Waals surface area (Å²) >= 11 is 0.974. The van der Waals surface area contributed by atoms with Crippen molar-refractivity contribution in [3.05, 3.63) is 11.0 Å². The summed E-state index contributed by atoms with van der Waals surface area (Å²) in [6.45, 7) is 5.82. The third kappa shape index (κ3) is 32.1. The molecule has 1 saturated heterocycles. The van der Waals surface area contributed by atoms with Crippen LogP contribution < -0.4 is 5.32 Å². The standard InChI is InChI=1S/C60H110N2O11S/c1-4-6-8-10-12-14-16-18-19-20-21-22-23-24-25-26-27-28-30-32-34-36-38-43-53(65)61-49(55(67)50(64)42-37-35-33-31-29-17-15-13-11-9-7-5-2)46-72-60-58(70)57(69)56(68)51(73-60)47-74-52-45-54(66)62(59(52)71)44-40-39-41-48(3)63/h45,49-51,55-58,60,64,67-70H,4-44,46-47H2,1-3H3,(H,61,65)/t49-,50+,51+,55-,56-,57-,58+,60-/m0/s1. The molecule has 74 heavy (non-hydrogen) atoms. The van der Waals surface area contributed by atoms with Gasteiger partial charge in [-0.3, -0.25) is 19.3 Å². The van der Waals surface area contributed by atoms with Crippen LogP contribution in [0.5, 0.6) is 0 Å².